The van der Waals surface area contributed by atoms with Gasteiger partial charge in [-0.05, 0) is 59.7 Å². The molecule has 0 unspecified atom stereocenters. The molecule has 1 N–H and O–H groups in total. The van der Waals surface area contributed by atoms with Gasteiger partial charge in [0.2, 0.25) is 10.0 Å². The predicted octanol–water partition coefficient (Wildman–Crippen LogP) is 3.19. The molecule has 0 fully saturated rings. The first kappa shape index (κ1) is 18.9. The molecule has 1 aromatic heterocycles. The standard InChI is InChI=1S/C20H20N2O4S/c1-26-19-6-2-16(3-7-19)14-22(15-17-10-12-21-13-11-17)27(24,25)20-8-4-18(23)5-9-20/h2-13,23H,14-15H2,1H3. The number of phenolic OH excluding ortho intramolecular Hbond substituents is 1. The molecule has 0 aliphatic carbocycles. The number of phenols is 1. The van der Waals surface area contributed by atoms with Gasteiger partial charge in [0.15, 0.2) is 0 Å². The summed E-state index contributed by atoms with van der Waals surface area (Å²) in [5, 5.41) is 9.45. The Morgan fingerprint density at radius 1 is 0.889 bits per heavy atom. The molecule has 0 spiro atoms. The summed E-state index contributed by atoms with van der Waals surface area (Å²) in [6.07, 6.45) is 3.27. The smallest absolute Gasteiger partial charge is 0.243 e. The van der Waals surface area contributed by atoms with E-state index in [1.54, 1.807) is 43.8 Å². The lowest BCUT2D eigenvalue weighted by Gasteiger charge is -2.22. The third-order valence-electron chi connectivity index (χ3n) is 4.10. The van der Waals surface area contributed by atoms with Crippen LogP contribution < -0.4 is 4.74 Å². The molecule has 0 bridgehead atoms. The van der Waals surface area contributed by atoms with Crippen molar-refractivity contribution in [2.24, 2.45) is 0 Å². The molecular weight excluding hydrogens is 364 g/mol. The Morgan fingerprint density at radius 2 is 1.44 bits per heavy atom. The summed E-state index contributed by atoms with van der Waals surface area (Å²) in [5.41, 5.74) is 1.67. The molecule has 0 radical (unpaired) electrons. The molecule has 0 saturated carbocycles. The third kappa shape index (κ3) is 4.64. The first-order valence-corrected chi connectivity index (χ1v) is 9.74. The minimum absolute atomic E-state index is 0.0183. The van der Waals surface area contributed by atoms with Crippen LogP contribution in [0.5, 0.6) is 11.5 Å². The molecule has 27 heavy (non-hydrogen) atoms. The molecule has 2 aromatic carbocycles. The molecule has 0 amide bonds. The molecule has 0 aliphatic rings. The lowest BCUT2D eigenvalue weighted by molar-refractivity contribution is 0.399. The summed E-state index contributed by atoms with van der Waals surface area (Å²) in [6, 6.07) is 16.4. The Hall–Kier alpha value is -2.90. The fourth-order valence-corrected chi connectivity index (χ4v) is 4.04. The van der Waals surface area contributed by atoms with Gasteiger partial charge in [-0.15, -0.1) is 0 Å². The van der Waals surface area contributed by atoms with Crippen LogP contribution in [0.1, 0.15) is 11.1 Å². The minimum Gasteiger partial charge on any atom is -0.508 e. The van der Waals surface area contributed by atoms with Gasteiger partial charge in [0.05, 0.1) is 12.0 Å². The van der Waals surface area contributed by atoms with Crippen molar-refractivity contribution in [3.05, 3.63) is 84.2 Å². The number of aromatic hydroxyl groups is 1. The SMILES string of the molecule is COc1ccc(CN(Cc2ccncc2)S(=O)(=O)c2ccc(O)cc2)cc1. The van der Waals surface area contributed by atoms with Crippen LogP contribution in [-0.2, 0) is 23.1 Å². The Bertz CT molecular complexity index is 973. The minimum atomic E-state index is -3.76. The van der Waals surface area contributed by atoms with Gasteiger partial charge in [-0.2, -0.15) is 4.31 Å². The summed E-state index contributed by atoms with van der Waals surface area (Å²) in [4.78, 5) is 4.10. The van der Waals surface area contributed by atoms with Crippen LogP contribution >= 0.6 is 0 Å². The highest BCUT2D eigenvalue weighted by Crippen LogP contribution is 2.23. The van der Waals surface area contributed by atoms with E-state index in [0.717, 1.165) is 11.1 Å². The van der Waals surface area contributed by atoms with Gasteiger partial charge < -0.3 is 9.84 Å². The third-order valence-corrected chi connectivity index (χ3v) is 5.91. The molecule has 140 valence electrons. The summed E-state index contributed by atoms with van der Waals surface area (Å²) < 4.78 is 32.9. The van der Waals surface area contributed by atoms with Crippen molar-refractivity contribution in [1.29, 1.82) is 0 Å². The maximum absolute atomic E-state index is 13.2. The largest absolute Gasteiger partial charge is 0.508 e. The van der Waals surface area contributed by atoms with Crippen molar-refractivity contribution in [2.75, 3.05) is 7.11 Å². The molecule has 3 rings (SSSR count). The number of methoxy groups -OCH3 is 1. The van der Waals surface area contributed by atoms with Crippen LogP contribution in [0, 0.1) is 0 Å². The highest BCUT2D eigenvalue weighted by atomic mass is 32.2. The van der Waals surface area contributed by atoms with Crippen molar-refractivity contribution < 1.29 is 18.3 Å². The van der Waals surface area contributed by atoms with Crippen molar-refractivity contribution in [1.82, 2.24) is 9.29 Å². The first-order chi connectivity index (χ1) is 13.0. The van der Waals surface area contributed by atoms with Crippen molar-refractivity contribution in [2.45, 2.75) is 18.0 Å². The molecular formula is C20H20N2O4S. The van der Waals surface area contributed by atoms with Gasteiger partial charge in [-0.3, -0.25) is 4.98 Å². The van der Waals surface area contributed by atoms with Crippen LogP contribution in [0.4, 0.5) is 0 Å². The molecule has 0 atom stereocenters. The van der Waals surface area contributed by atoms with Gasteiger partial charge in [0.25, 0.3) is 0 Å². The number of sulfonamides is 1. The van der Waals surface area contributed by atoms with E-state index in [2.05, 4.69) is 4.98 Å². The van der Waals surface area contributed by atoms with Crippen LogP contribution in [0.25, 0.3) is 0 Å². The summed E-state index contributed by atoms with van der Waals surface area (Å²) in [6.45, 7) is 0.410. The number of hydrogen-bond acceptors (Lipinski definition) is 5. The van der Waals surface area contributed by atoms with Gasteiger partial charge in [-0.1, -0.05) is 12.1 Å². The zero-order valence-electron chi connectivity index (χ0n) is 14.8. The second-order valence-corrected chi connectivity index (χ2v) is 7.91. The van der Waals surface area contributed by atoms with E-state index < -0.39 is 10.0 Å². The average molecular weight is 384 g/mol. The quantitative estimate of drug-likeness (QED) is 0.677. The zero-order chi connectivity index (χ0) is 19.3. The Kier molecular flexibility index (Phi) is 5.73. The topological polar surface area (TPSA) is 79.7 Å². The molecule has 3 aromatic rings. The van der Waals surface area contributed by atoms with E-state index in [1.807, 2.05) is 12.1 Å². The Morgan fingerprint density at radius 3 is 2.00 bits per heavy atom. The van der Waals surface area contributed by atoms with Gasteiger partial charge in [-0.25, -0.2) is 8.42 Å². The Balaban J connectivity index is 1.94. The van der Waals surface area contributed by atoms with Crippen LogP contribution in [0.2, 0.25) is 0 Å². The van der Waals surface area contributed by atoms with E-state index in [1.165, 1.54) is 28.6 Å². The van der Waals surface area contributed by atoms with E-state index in [4.69, 9.17) is 4.74 Å². The monoisotopic (exact) mass is 384 g/mol. The van der Waals surface area contributed by atoms with E-state index in [-0.39, 0.29) is 23.7 Å². The number of hydrogen-bond donors (Lipinski definition) is 1. The average Bonchev–Trinajstić information content (AvgIpc) is 2.69. The fourth-order valence-electron chi connectivity index (χ4n) is 2.62. The summed E-state index contributed by atoms with van der Waals surface area (Å²) in [7, 11) is -2.18. The number of rotatable bonds is 7. The molecule has 0 aliphatic heterocycles. The van der Waals surface area contributed by atoms with Crippen LogP contribution in [0.15, 0.2) is 78.0 Å². The van der Waals surface area contributed by atoms with E-state index in [0.29, 0.717) is 5.75 Å². The van der Waals surface area contributed by atoms with Gasteiger partial charge >= 0.3 is 0 Å². The van der Waals surface area contributed by atoms with Crippen LogP contribution in [0.3, 0.4) is 0 Å². The van der Waals surface area contributed by atoms with Crippen molar-refractivity contribution in [3.63, 3.8) is 0 Å². The molecule has 1 heterocycles. The maximum Gasteiger partial charge on any atom is 0.243 e. The highest BCUT2D eigenvalue weighted by molar-refractivity contribution is 7.89. The zero-order valence-corrected chi connectivity index (χ0v) is 15.6. The normalized spacial score (nSPS) is 11.5. The van der Waals surface area contributed by atoms with E-state index in [9.17, 15) is 13.5 Å². The van der Waals surface area contributed by atoms with Crippen molar-refractivity contribution in [3.8, 4) is 11.5 Å². The van der Waals surface area contributed by atoms with Gasteiger partial charge in [0.1, 0.15) is 11.5 Å². The lowest BCUT2D eigenvalue weighted by atomic mass is 10.2. The number of benzene rings is 2. The lowest BCUT2D eigenvalue weighted by Crippen LogP contribution is -2.30. The van der Waals surface area contributed by atoms with Crippen molar-refractivity contribution >= 4 is 10.0 Å². The molecule has 0 saturated heterocycles. The number of ether oxygens (including phenoxy) is 1. The van der Waals surface area contributed by atoms with E-state index >= 15 is 0 Å². The molecule has 7 heteroatoms. The molecule has 6 nitrogen and oxygen atoms in total. The maximum atomic E-state index is 13.2. The fraction of sp³-hybridized carbons (Fsp3) is 0.150. The predicted molar refractivity (Wildman–Crippen MR) is 102 cm³/mol. The number of aromatic nitrogens is 1. The first-order valence-electron chi connectivity index (χ1n) is 8.30. The second-order valence-electron chi connectivity index (χ2n) is 5.97. The summed E-state index contributed by atoms with van der Waals surface area (Å²) >= 11 is 0. The summed E-state index contributed by atoms with van der Waals surface area (Å²) in [5.74, 6) is 0.727. The highest BCUT2D eigenvalue weighted by Gasteiger charge is 2.25. The Labute approximate surface area is 158 Å². The number of pyridine rings is 1. The number of nitrogens with zero attached hydrogens (tertiary/aromatic N) is 2. The van der Waals surface area contributed by atoms with Crippen LogP contribution in [-0.4, -0.2) is 29.9 Å². The van der Waals surface area contributed by atoms with Gasteiger partial charge in [0, 0.05) is 25.5 Å². The second kappa shape index (κ2) is 8.20.